The maximum absolute atomic E-state index is 14.6. The number of ether oxygens (including phenoxy) is 1. The molecule has 8 nitrogen and oxygen atoms in total. The van der Waals surface area contributed by atoms with Gasteiger partial charge in [-0.3, -0.25) is 9.69 Å². The summed E-state index contributed by atoms with van der Waals surface area (Å²) in [4.78, 5) is 34.3. The smallest absolute Gasteiger partial charge is 0.335 e. The summed E-state index contributed by atoms with van der Waals surface area (Å²) in [5.74, 6) is -0.574. The maximum Gasteiger partial charge on any atom is 0.335 e. The lowest BCUT2D eigenvalue weighted by molar-refractivity contribution is -0.0591. The van der Waals surface area contributed by atoms with Gasteiger partial charge in [0.2, 0.25) is 0 Å². The molecule has 1 saturated heterocycles. The number of fused-ring (bicyclic) bond motifs is 2. The first-order chi connectivity index (χ1) is 20.8. The maximum atomic E-state index is 14.6. The van der Waals surface area contributed by atoms with Crippen LogP contribution in [0.15, 0.2) is 66.4 Å². The Bertz CT molecular complexity index is 1800. The summed E-state index contributed by atoms with van der Waals surface area (Å²) in [6, 6.07) is 15.2. The molecule has 0 bridgehead atoms. The van der Waals surface area contributed by atoms with Gasteiger partial charge in [-0.25, -0.2) is 14.2 Å². The van der Waals surface area contributed by atoms with Crippen molar-refractivity contribution in [3.05, 3.63) is 99.7 Å². The van der Waals surface area contributed by atoms with Gasteiger partial charge in [0.1, 0.15) is 11.6 Å². The minimum Gasteiger partial charge on any atom is -0.478 e. The normalized spacial score (nSPS) is 18.8. The van der Waals surface area contributed by atoms with Crippen molar-refractivity contribution in [1.82, 2.24) is 19.4 Å². The fraction of sp³-hybridized carbons (Fsp3) is 0.303. The molecule has 1 N–H and O–H groups in total. The molecule has 3 aromatic carbocycles. The van der Waals surface area contributed by atoms with Gasteiger partial charge < -0.3 is 19.3 Å². The first-order valence-corrected chi connectivity index (χ1v) is 14.9. The second-order valence-electron chi connectivity index (χ2n) is 11.3. The number of carboxylic acid groups (broad SMARTS) is 1. The van der Waals surface area contributed by atoms with Crippen molar-refractivity contribution in [2.24, 2.45) is 0 Å². The van der Waals surface area contributed by atoms with Gasteiger partial charge in [-0.2, -0.15) is 0 Å². The van der Waals surface area contributed by atoms with E-state index >= 15 is 0 Å². The van der Waals surface area contributed by atoms with E-state index < -0.39 is 11.8 Å². The van der Waals surface area contributed by atoms with Crippen LogP contribution in [0.25, 0.3) is 22.2 Å². The van der Waals surface area contributed by atoms with E-state index in [1.807, 2.05) is 17.0 Å². The molecule has 0 saturated carbocycles. The van der Waals surface area contributed by atoms with Crippen LogP contribution in [0.4, 0.5) is 4.39 Å². The van der Waals surface area contributed by atoms with Gasteiger partial charge >= 0.3 is 5.97 Å². The van der Waals surface area contributed by atoms with Crippen LogP contribution < -0.4 is 0 Å². The molecule has 1 aromatic heterocycles. The Labute approximate surface area is 252 Å². The van der Waals surface area contributed by atoms with Crippen LogP contribution in [-0.4, -0.2) is 68.7 Å². The number of carbonyl (C=O) groups is 2. The lowest BCUT2D eigenvalue weighted by atomic mass is 9.93. The van der Waals surface area contributed by atoms with E-state index in [1.165, 1.54) is 6.07 Å². The van der Waals surface area contributed by atoms with E-state index in [-0.39, 0.29) is 17.6 Å². The van der Waals surface area contributed by atoms with Crippen LogP contribution in [0.1, 0.15) is 44.9 Å². The number of aromatic carboxylic acids is 1. The number of halogens is 2. The third-order valence-corrected chi connectivity index (χ3v) is 8.90. The van der Waals surface area contributed by atoms with Gasteiger partial charge in [-0.1, -0.05) is 29.8 Å². The van der Waals surface area contributed by atoms with Crippen molar-refractivity contribution in [2.75, 3.05) is 26.2 Å². The Kier molecular flexibility index (Phi) is 7.25. The molecule has 0 spiro atoms. The molecule has 10 heteroatoms. The minimum atomic E-state index is -0.965. The zero-order valence-electron chi connectivity index (χ0n) is 23.4. The third-order valence-electron chi connectivity index (χ3n) is 8.67. The number of rotatable bonds is 7. The van der Waals surface area contributed by atoms with Crippen molar-refractivity contribution in [3.63, 3.8) is 0 Å². The van der Waals surface area contributed by atoms with Crippen molar-refractivity contribution in [1.29, 1.82) is 0 Å². The van der Waals surface area contributed by atoms with Crippen LogP contribution in [-0.2, 0) is 24.2 Å². The van der Waals surface area contributed by atoms with E-state index in [0.717, 1.165) is 54.1 Å². The van der Waals surface area contributed by atoms with E-state index in [9.17, 15) is 19.1 Å². The van der Waals surface area contributed by atoms with Gasteiger partial charge in [-0.15, -0.1) is 0 Å². The number of carboxylic acids is 1. The SMILES string of the molecule is O=C(O)c1ccc2nc(CN3CC=C(N4CCc5ccc(-c6ccc(Cl)cc6F)cc5C4=O)CC3)n(C[C@@H]3CCO3)c2c1. The molecule has 4 heterocycles. The van der Waals surface area contributed by atoms with Gasteiger partial charge in [-0.05, 0) is 66.4 Å². The number of aromatic nitrogens is 2. The molecule has 0 aliphatic carbocycles. The summed E-state index contributed by atoms with van der Waals surface area (Å²) in [6.07, 6.45) is 4.62. The van der Waals surface area contributed by atoms with Crippen LogP contribution in [0.5, 0.6) is 0 Å². The molecular weight excluding hydrogens is 571 g/mol. The molecule has 3 aliphatic heterocycles. The van der Waals surface area contributed by atoms with Crippen LogP contribution >= 0.6 is 11.6 Å². The van der Waals surface area contributed by atoms with Crippen LogP contribution in [0.2, 0.25) is 5.02 Å². The second kappa shape index (κ2) is 11.2. The number of carbonyl (C=O) groups excluding carboxylic acids is 1. The van der Waals surface area contributed by atoms with Crippen molar-refractivity contribution < 1.29 is 23.8 Å². The highest BCUT2D eigenvalue weighted by Gasteiger charge is 2.30. The number of imidazole rings is 1. The van der Waals surface area contributed by atoms with E-state index in [0.29, 0.717) is 54.3 Å². The highest BCUT2D eigenvalue weighted by atomic mass is 35.5. The van der Waals surface area contributed by atoms with Gasteiger partial charge in [0.05, 0.1) is 35.8 Å². The number of nitrogens with zero attached hydrogens (tertiary/aromatic N) is 4. The molecule has 1 atom stereocenters. The second-order valence-corrected chi connectivity index (χ2v) is 11.7. The molecule has 220 valence electrons. The molecule has 1 amide bonds. The average Bonchev–Trinajstić information content (AvgIpc) is 3.31. The topological polar surface area (TPSA) is 87.9 Å². The summed E-state index contributed by atoms with van der Waals surface area (Å²) < 4.78 is 22.4. The van der Waals surface area contributed by atoms with Crippen molar-refractivity contribution in [2.45, 2.75) is 38.5 Å². The third kappa shape index (κ3) is 5.33. The average molecular weight is 601 g/mol. The zero-order valence-corrected chi connectivity index (χ0v) is 24.2. The highest BCUT2D eigenvalue weighted by Crippen LogP contribution is 2.32. The standard InChI is InChI=1S/C33H30ClFN4O4/c34-23-4-5-26(28(35)17-23)21-2-1-20-7-13-38(32(40)27(20)15-21)24-8-11-37(12-9-24)19-31-36-29-6-3-22(33(41)42)16-30(29)39(31)18-25-10-14-43-25/h1-6,8,15-17,25H,7,9-14,18-19H2,(H,41,42)/t25-/m0/s1. The monoisotopic (exact) mass is 600 g/mol. The summed E-state index contributed by atoms with van der Waals surface area (Å²) >= 11 is 5.93. The fourth-order valence-corrected chi connectivity index (χ4v) is 6.35. The predicted octanol–water partition coefficient (Wildman–Crippen LogP) is 5.77. The Morgan fingerprint density at radius 3 is 2.65 bits per heavy atom. The largest absolute Gasteiger partial charge is 0.478 e. The molecule has 4 aromatic rings. The molecule has 7 rings (SSSR count). The fourth-order valence-electron chi connectivity index (χ4n) is 6.19. The summed E-state index contributed by atoms with van der Waals surface area (Å²) in [6.45, 7) is 3.99. The van der Waals surface area contributed by atoms with Gasteiger partial charge in [0.25, 0.3) is 5.91 Å². The minimum absolute atomic E-state index is 0.0614. The number of hydrogen-bond donors (Lipinski definition) is 1. The molecular formula is C33H30ClFN4O4. The molecule has 1 fully saturated rings. The quantitative estimate of drug-likeness (QED) is 0.290. The number of amides is 1. The van der Waals surface area contributed by atoms with E-state index in [4.69, 9.17) is 21.3 Å². The predicted molar refractivity (Wildman–Crippen MR) is 161 cm³/mol. The summed E-state index contributed by atoms with van der Waals surface area (Å²) in [7, 11) is 0. The Balaban J connectivity index is 1.09. The Hall–Kier alpha value is -4.05. The first kappa shape index (κ1) is 27.8. The van der Waals surface area contributed by atoms with Crippen LogP contribution in [0.3, 0.4) is 0 Å². The number of benzene rings is 3. The number of hydrogen-bond acceptors (Lipinski definition) is 5. The van der Waals surface area contributed by atoms with Gasteiger partial charge in [0, 0.05) is 54.5 Å². The van der Waals surface area contributed by atoms with Gasteiger partial charge in [0.15, 0.2) is 0 Å². The van der Waals surface area contributed by atoms with E-state index in [1.54, 1.807) is 36.4 Å². The molecule has 43 heavy (non-hydrogen) atoms. The van der Waals surface area contributed by atoms with Crippen molar-refractivity contribution >= 4 is 34.5 Å². The summed E-state index contributed by atoms with van der Waals surface area (Å²) in [5.41, 5.74) is 5.44. The van der Waals surface area contributed by atoms with E-state index in [2.05, 4.69) is 15.5 Å². The van der Waals surface area contributed by atoms with Crippen molar-refractivity contribution in [3.8, 4) is 11.1 Å². The Morgan fingerprint density at radius 1 is 1.07 bits per heavy atom. The highest BCUT2D eigenvalue weighted by molar-refractivity contribution is 6.30. The zero-order chi connectivity index (χ0) is 29.7. The molecule has 0 radical (unpaired) electrons. The first-order valence-electron chi connectivity index (χ1n) is 14.5. The summed E-state index contributed by atoms with van der Waals surface area (Å²) in [5, 5.41) is 9.85. The van der Waals surface area contributed by atoms with Crippen LogP contribution in [0, 0.1) is 5.82 Å². The Morgan fingerprint density at radius 2 is 1.93 bits per heavy atom. The lowest BCUT2D eigenvalue weighted by Gasteiger charge is -2.35. The molecule has 3 aliphatic rings. The lowest BCUT2D eigenvalue weighted by Crippen LogP contribution is -2.40. The molecule has 0 unspecified atom stereocenters.